The topological polar surface area (TPSA) is 74.4 Å². The van der Waals surface area contributed by atoms with Gasteiger partial charge in [-0.05, 0) is 59.8 Å². The highest BCUT2D eigenvalue weighted by Gasteiger charge is 2.49. The minimum Gasteiger partial charge on any atom is -0.348 e. The maximum absolute atomic E-state index is 13.4. The lowest BCUT2D eigenvalue weighted by Crippen LogP contribution is -2.57. The molecule has 0 aromatic heterocycles. The van der Waals surface area contributed by atoms with E-state index < -0.39 is 5.79 Å². The number of rotatable bonds is 6. The molecule has 0 bridgehead atoms. The van der Waals surface area contributed by atoms with Crippen LogP contribution in [0.4, 0.5) is 4.79 Å². The van der Waals surface area contributed by atoms with Gasteiger partial charge in [-0.3, -0.25) is 9.69 Å². The number of likely N-dealkylation sites (tertiary alicyclic amines) is 1. The molecule has 1 unspecified atom stereocenters. The van der Waals surface area contributed by atoms with Gasteiger partial charge in [0.1, 0.15) is 0 Å². The van der Waals surface area contributed by atoms with Gasteiger partial charge in [0.15, 0.2) is 5.79 Å². The van der Waals surface area contributed by atoms with Gasteiger partial charge >= 0.3 is 6.03 Å². The molecule has 3 rings (SSSR count). The van der Waals surface area contributed by atoms with Gasteiger partial charge in [-0.25, -0.2) is 4.79 Å². The standard InChI is InChI=1S/C21H38N4O4/c1-5-22-20(27)25(10-6-9-23(2)3)19(26)17-13-16-14-21(28-11-12-29-21)8-7-18(16)24(4)15-17/h16-18H,5-15H2,1-4H3,(H,22,27)/t16?,17-,18-/m1/s1. The first-order chi connectivity index (χ1) is 13.8. The summed E-state index contributed by atoms with van der Waals surface area (Å²) in [6.07, 6.45) is 4.37. The van der Waals surface area contributed by atoms with Gasteiger partial charge in [-0.15, -0.1) is 0 Å². The molecule has 3 amide bonds. The molecule has 29 heavy (non-hydrogen) atoms. The van der Waals surface area contributed by atoms with E-state index in [4.69, 9.17) is 9.47 Å². The van der Waals surface area contributed by atoms with Crippen molar-refractivity contribution >= 4 is 11.9 Å². The van der Waals surface area contributed by atoms with E-state index in [9.17, 15) is 9.59 Å². The van der Waals surface area contributed by atoms with Crippen molar-refractivity contribution in [1.29, 1.82) is 0 Å². The zero-order valence-electron chi connectivity index (χ0n) is 18.5. The summed E-state index contributed by atoms with van der Waals surface area (Å²) in [6.45, 7) is 5.71. The van der Waals surface area contributed by atoms with Gasteiger partial charge in [0.2, 0.25) is 5.91 Å². The fourth-order valence-electron chi connectivity index (χ4n) is 5.25. The van der Waals surface area contributed by atoms with Crippen molar-refractivity contribution in [1.82, 2.24) is 20.0 Å². The Morgan fingerprint density at radius 2 is 1.93 bits per heavy atom. The van der Waals surface area contributed by atoms with Crippen molar-refractivity contribution in [3.05, 3.63) is 0 Å². The molecule has 3 fully saturated rings. The second-order valence-corrected chi connectivity index (χ2v) is 9.03. The summed E-state index contributed by atoms with van der Waals surface area (Å²) in [5.41, 5.74) is 0. The Hall–Kier alpha value is -1.22. The van der Waals surface area contributed by atoms with Crippen molar-refractivity contribution in [2.75, 3.05) is 60.5 Å². The van der Waals surface area contributed by atoms with E-state index in [0.717, 1.165) is 38.6 Å². The zero-order valence-corrected chi connectivity index (χ0v) is 18.5. The van der Waals surface area contributed by atoms with Crippen molar-refractivity contribution in [2.24, 2.45) is 11.8 Å². The third-order valence-electron chi connectivity index (χ3n) is 6.59. The molecular formula is C21H38N4O4. The van der Waals surface area contributed by atoms with Crippen LogP contribution < -0.4 is 5.32 Å². The van der Waals surface area contributed by atoms with Crippen molar-refractivity contribution in [3.8, 4) is 0 Å². The second kappa shape index (κ2) is 9.73. The number of hydrogen-bond donors (Lipinski definition) is 1. The first kappa shape index (κ1) is 22.5. The molecule has 1 spiro atoms. The predicted octanol–water partition coefficient (Wildman–Crippen LogP) is 1.36. The molecule has 8 nitrogen and oxygen atoms in total. The van der Waals surface area contributed by atoms with Crippen LogP contribution in [0.2, 0.25) is 0 Å². The van der Waals surface area contributed by atoms with Crippen LogP contribution in [-0.2, 0) is 14.3 Å². The summed E-state index contributed by atoms with van der Waals surface area (Å²) in [7, 11) is 6.11. The van der Waals surface area contributed by atoms with Crippen molar-refractivity contribution in [2.45, 2.75) is 50.9 Å². The van der Waals surface area contributed by atoms with Gasteiger partial charge in [0, 0.05) is 38.5 Å². The minimum absolute atomic E-state index is 0.0483. The smallest absolute Gasteiger partial charge is 0.324 e. The lowest BCUT2D eigenvalue weighted by Gasteiger charge is -2.49. The molecule has 0 radical (unpaired) electrons. The molecule has 3 aliphatic rings. The quantitative estimate of drug-likeness (QED) is 0.713. The number of carbonyl (C=O) groups is 2. The number of fused-ring (bicyclic) bond motifs is 1. The highest BCUT2D eigenvalue weighted by Crippen LogP contribution is 2.45. The van der Waals surface area contributed by atoms with Gasteiger partial charge in [-0.1, -0.05) is 0 Å². The number of carbonyl (C=O) groups excluding carboxylic acids is 2. The number of imide groups is 1. The second-order valence-electron chi connectivity index (χ2n) is 9.03. The summed E-state index contributed by atoms with van der Waals surface area (Å²) < 4.78 is 11.9. The van der Waals surface area contributed by atoms with E-state index in [1.807, 2.05) is 21.0 Å². The Labute approximate surface area is 174 Å². The first-order valence-corrected chi connectivity index (χ1v) is 11.1. The third-order valence-corrected chi connectivity index (χ3v) is 6.59. The van der Waals surface area contributed by atoms with Crippen LogP contribution in [0.5, 0.6) is 0 Å². The summed E-state index contributed by atoms with van der Waals surface area (Å²) in [4.78, 5) is 31.8. The highest BCUT2D eigenvalue weighted by molar-refractivity contribution is 5.95. The van der Waals surface area contributed by atoms with Gasteiger partial charge in [-0.2, -0.15) is 0 Å². The minimum atomic E-state index is -0.447. The fourth-order valence-corrected chi connectivity index (χ4v) is 5.25. The molecular weight excluding hydrogens is 372 g/mol. The summed E-state index contributed by atoms with van der Waals surface area (Å²) in [6, 6.07) is 0.188. The average molecular weight is 411 g/mol. The predicted molar refractivity (Wildman–Crippen MR) is 110 cm³/mol. The van der Waals surface area contributed by atoms with Gasteiger partial charge in [0.25, 0.3) is 0 Å². The number of urea groups is 1. The molecule has 0 aromatic rings. The lowest BCUT2D eigenvalue weighted by molar-refractivity contribution is -0.202. The lowest BCUT2D eigenvalue weighted by atomic mass is 9.72. The van der Waals surface area contributed by atoms with Crippen LogP contribution in [0.25, 0.3) is 0 Å². The number of nitrogens with zero attached hydrogens (tertiary/aromatic N) is 3. The van der Waals surface area contributed by atoms with Crippen LogP contribution in [0.3, 0.4) is 0 Å². The molecule has 8 heteroatoms. The van der Waals surface area contributed by atoms with E-state index in [1.165, 1.54) is 4.90 Å². The van der Waals surface area contributed by atoms with Crippen LogP contribution in [0, 0.1) is 11.8 Å². The van der Waals surface area contributed by atoms with Crippen LogP contribution in [0.15, 0.2) is 0 Å². The molecule has 166 valence electrons. The van der Waals surface area contributed by atoms with Crippen molar-refractivity contribution in [3.63, 3.8) is 0 Å². The molecule has 2 aliphatic heterocycles. The fraction of sp³-hybridized carbons (Fsp3) is 0.905. The number of ether oxygens (including phenoxy) is 2. The number of nitrogens with one attached hydrogen (secondary N) is 1. The van der Waals surface area contributed by atoms with Crippen LogP contribution in [0.1, 0.15) is 39.0 Å². The Bertz CT molecular complexity index is 579. The Morgan fingerprint density at radius 3 is 2.59 bits per heavy atom. The average Bonchev–Trinajstić information content (AvgIpc) is 3.11. The Balaban J connectivity index is 1.67. The third kappa shape index (κ3) is 5.29. The van der Waals surface area contributed by atoms with E-state index in [2.05, 4.69) is 22.2 Å². The van der Waals surface area contributed by atoms with E-state index in [0.29, 0.717) is 44.8 Å². The summed E-state index contributed by atoms with van der Waals surface area (Å²) in [5.74, 6) is -0.308. The Morgan fingerprint density at radius 1 is 1.21 bits per heavy atom. The monoisotopic (exact) mass is 410 g/mol. The van der Waals surface area contributed by atoms with Gasteiger partial charge < -0.3 is 24.6 Å². The largest absolute Gasteiger partial charge is 0.348 e. The summed E-state index contributed by atoms with van der Waals surface area (Å²) in [5, 5.41) is 2.81. The Kier molecular flexibility index (Phi) is 7.53. The van der Waals surface area contributed by atoms with E-state index >= 15 is 0 Å². The normalized spacial score (nSPS) is 29.1. The molecule has 1 saturated carbocycles. The van der Waals surface area contributed by atoms with Gasteiger partial charge in [0.05, 0.1) is 19.1 Å². The summed E-state index contributed by atoms with van der Waals surface area (Å²) >= 11 is 0. The molecule has 2 heterocycles. The molecule has 3 atom stereocenters. The highest BCUT2D eigenvalue weighted by atomic mass is 16.7. The molecule has 0 aromatic carbocycles. The van der Waals surface area contributed by atoms with E-state index in [1.54, 1.807) is 0 Å². The molecule has 1 aliphatic carbocycles. The van der Waals surface area contributed by atoms with Crippen LogP contribution in [-0.4, -0.2) is 99.0 Å². The maximum Gasteiger partial charge on any atom is 0.324 e. The first-order valence-electron chi connectivity index (χ1n) is 11.1. The number of piperidine rings is 1. The molecule has 1 N–H and O–H groups in total. The zero-order chi connectivity index (χ0) is 21.0. The van der Waals surface area contributed by atoms with Crippen LogP contribution >= 0.6 is 0 Å². The maximum atomic E-state index is 13.4. The SMILES string of the molecule is CCNC(=O)N(CCCN(C)C)C(=O)[C@@H]1CC2CC3(CC[C@H]2N(C)C1)OCCO3. The molecule has 2 saturated heterocycles. The number of hydrogen-bond acceptors (Lipinski definition) is 6. The van der Waals surface area contributed by atoms with Crippen molar-refractivity contribution < 1.29 is 19.1 Å². The number of amides is 3. The van der Waals surface area contributed by atoms with E-state index in [-0.39, 0.29) is 17.9 Å².